The fourth-order valence-corrected chi connectivity index (χ4v) is 2.40. The fraction of sp³-hybridized carbons (Fsp3) is 0.267. The van der Waals surface area contributed by atoms with E-state index in [1.54, 1.807) is 12.4 Å². The van der Waals surface area contributed by atoms with Gasteiger partial charge in [-0.1, -0.05) is 30.7 Å². The number of hydrogen-bond donors (Lipinski definition) is 0. The molecule has 0 saturated carbocycles. The lowest BCUT2D eigenvalue weighted by atomic mass is 10.3. The zero-order valence-corrected chi connectivity index (χ0v) is 12.0. The van der Waals surface area contributed by atoms with E-state index in [0.717, 1.165) is 35.4 Å². The molecule has 0 aliphatic heterocycles. The van der Waals surface area contributed by atoms with Crippen LogP contribution in [0.2, 0.25) is 5.15 Å². The maximum atomic E-state index is 5.78. The molecule has 5 heteroatoms. The van der Waals surface area contributed by atoms with E-state index in [1.165, 1.54) is 0 Å². The van der Waals surface area contributed by atoms with E-state index in [2.05, 4.69) is 27.5 Å². The van der Waals surface area contributed by atoms with E-state index in [9.17, 15) is 0 Å². The van der Waals surface area contributed by atoms with Gasteiger partial charge in [-0.3, -0.25) is 4.98 Å². The summed E-state index contributed by atoms with van der Waals surface area (Å²) in [5.74, 6) is 1.09. The van der Waals surface area contributed by atoms with Crippen molar-refractivity contribution in [1.82, 2.24) is 19.5 Å². The van der Waals surface area contributed by atoms with Crippen molar-refractivity contribution in [1.29, 1.82) is 0 Å². The lowest BCUT2D eigenvalue weighted by molar-refractivity contribution is 0.707. The van der Waals surface area contributed by atoms with Gasteiger partial charge in [0.1, 0.15) is 11.0 Å². The molecule has 1 aromatic carbocycles. The molecule has 0 bridgehead atoms. The highest BCUT2D eigenvalue weighted by Crippen LogP contribution is 2.18. The number of benzene rings is 1. The van der Waals surface area contributed by atoms with Crippen LogP contribution in [0.15, 0.2) is 36.7 Å². The molecule has 20 heavy (non-hydrogen) atoms. The predicted molar refractivity (Wildman–Crippen MR) is 79.9 cm³/mol. The first-order valence-electron chi connectivity index (χ1n) is 6.68. The summed E-state index contributed by atoms with van der Waals surface area (Å²) in [6.07, 6.45) is 5.31. The molecule has 3 rings (SSSR count). The van der Waals surface area contributed by atoms with E-state index in [0.29, 0.717) is 11.7 Å². The zero-order chi connectivity index (χ0) is 13.9. The number of aryl methyl sites for hydroxylation is 1. The molecule has 4 nitrogen and oxygen atoms in total. The Morgan fingerprint density at radius 2 is 2.00 bits per heavy atom. The minimum Gasteiger partial charge on any atom is -0.322 e. The second-order valence-electron chi connectivity index (χ2n) is 4.68. The van der Waals surface area contributed by atoms with Crippen molar-refractivity contribution < 1.29 is 0 Å². The first kappa shape index (κ1) is 13.1. The molecule has 0 radical (unpaired) electrons. The van der Waals surface area contributed by atoms with Gasteiger partial charge in [-0.25, -0.2) is 9.97 Å². The molecule has 3 aromatic rings. The summed E-state index contributed by atoms with van der Waals surface area (Å²) < 4.78 is 2.21. The van der Waals surface area contributed by atoms with Crippen LogP contribution in [0.4, 0.5) is 0 Å². The van der Waals surface area contributed by atoms with Crippen LogP contribution in [-0.2, 0) is 13.0 Å². The van der Waals surface area contributed by atoms with E-state index in [1.807, 2.05) is 18.2 Å². The number of aromatic nitrogens is 4. The smallest absolute Gasteiger partial charge is 0.147 e. The van der Waals surface area contributed by atoms with Crippen LogP contribution in [0.5, 0.6) is 0 Å². The summed E-state index contributed by atoms with van der Waals surface area (Å²) in [5.41, 5.74) is 3.04. The second kappa shape index (κ2) is 5.59. The minimum atomic E-state index is 0.415. The Morgan fingerprint density at radius 3 is 2.75 bits per heavy atom. The number of imidazole rings is 1. The van der Waals surface area contributed by atoms with Crippen LogP contribution in [0.25, 0.3) is 11.0 Å². The average Bonchev–Trinajstić information content (AvgIpc) is 2.80. The first-order valence-corrected chi connectivity index (χ1v) is 7.06. The molecule has 2 aromatic heterocycles. The summed E-state index contributed by atoms with van der Waals surface area (Å²) >= 11 is 5.78. The number of para-hydroxylation sites is 2. The normalized spacial score (nSPS) is 11.1. The van der Waals surface area contributed by atoms with Gasteiger partial charge >= 0.3 is 0 Å². The van der Waals surface area contributed by atoms with Gasteiger partial charge in [0, 0.05) is 6.42 Å². The molecular formula is C15H15ClN4. The van der Waals surface area contributed by atoms with Gasteiger partial charge in [0.15, 0.2) is 0 Å². The molecule has 0 amide bonds. The van der Waals surface area contributed by atoms with Gasteiger partial charge in [-0.2, -0.15) is 0 Å². The Kier molecular flexibility index (Phi) is 3.65. The minimum absolute atomic E-state index is 0.415. The highest BCUT2D eigenvalue weighted by molar-refractivity contribution is 6.29. The third-order valence-electron chi connectivity index (χ3n) is 3.20. The lowest BCUT2D eigenvalue weighted by Crippen LogP contribution is -2.06. The molecule has 102 valence electrons. The molecule has 0 N–H and O–H groups in total. The highest BCUT2D eigenvalue weighted by Gasteiger charge is 2.10. The maximum absolute atomic E-state index is 5.78. The van der Waals surface area contributed by atoms with E-state index in [-0.39, 0.29) is 0 Å². The van der Waals surface area contributed by atoms with Gasteiger partial charge in [0.25, 0.3) is 0 Å². The topological polar surface area (TPSA) is 43.6 Å². The standard InChI is InChI=1S/C15H15ClN4/c1-2-5-15-19-12-6-3-4-7-13(12)20(15)10-11-8-18-14(16)9-17-11/h3-4,6-9H,2,5,10H2,1H3. The van der Waals surface area contributed by atoms with Crippen molar-refractivity contribution in [3.63, 3.8) is 0 Å². The molecule has 0 fully saturated rings. The predicted octanol–water partition coefficient (Wildman–Crippen LogP) is 3.48. The Bertz CT molecular complexity index is 718. The molecule has 0 atom stereocenters. The van der Waals surface area contributed by atoms with Crippen LogP contribution in [0.1, 0.15) is 24.9 Å². The quantitative estimate of drug-likeness (QED) is 0.737. The molecule has 0 aliphatic carbocycles. The number of nitrogens with zero attached hydrogens (tertiary/aromatic N) is 4. The molecular weight excluding hydrogens is 272 g/mol. The Balaban J connectivity index is 2.04. The van der Waals surface area contributed by atoms with Crippen LogP contribution in [0.3, 0.4) is 0 Å². The van der Waals surface area contributed by atoms with Crippen LogP contribution >= 0.6 is 11.6 Å². The van der Waals surface area contributed by atoms with E-state index >= 15 is 0 Å². The molecule has 0 aliphatic rings. The van der Waals surface area contributed by atoms with E-state index < -0.39 is 0 Å². The van der Waals surface area contributed by atoms with Gasteiger partial charge in [-0.15, -0.1) is 0 Å². The largest absolute Gasteiger partial charge is 0.322 e. The summed E-state index contributed by atoms with van der Waals surface area (Å²) in [4.78, 5) is 13.1. The van der Waals surface area contributed by atoms with E-state index in [4.69, 9.17) is 16.6 Å². The summed E-state index contributed by atoms with van der Waals surface area (Å²) in [7, 11) is 0. The lowest BCUT2D eigenvalue weighted by Gasteiger charge is -2.08. The first-order chi connectivity index (χ1) is 9.78. The number of rotatable bonds is 4. The van der Waals surface area contributed by atoms with Crippen LogP contribution < -0.4 is 0 Å². The van der Waals surface area contributed by atoms with Gasteiger partial charge in [-0.05, 0) is 18.6 Å². The van der Waals surface area contributed by atoms with Gasteiger partial charge in [0.2, 0.25) is 0 Å². The number of hydrogen-bond acceptors (Lipinski definition) is 3. The van der Waals surface area contributed by atoms with Crippen LogP contribution in [0, 0.1) is 0 Å². The molecule has 2 heterocycles. The van der Waals surface area contributed by atoms with Crippen molar-refractivity contribution in [3.8, 4) is 0 Å². The van der Waals surface area contributed by atoms with Gasteiger partial charge < -0.3 is 4.57 Å². The van der Waals surface area contributed by atoms with Crippen LogP contribution in [-0.4, -0.2) is 19.5 Å². The average molecular weight is 287 g/mol. The van der Waals surface area contributed by atoms with Crippen molar-refractivity contribution >= 4 is 22.6 Å². The van der Waals surface area contributed by atoms with Crippen molar-refractivity contribution in [3.05, 3.63) is 53.3 Å². The van der Waals surface area contributed by atoms with Crippen molar-refractivity contribution in [2.24, 2.45) is 0 Å². The molecule has 0 spiro atoms. The summed E-state index contributed by atoms with van der Waals surface area (Å²) in [5, 5.41) is 0.415. The molecule has 0 saturated heterocycles. The maximum Gasteiger partial charge on any atom is 0.147 e. The second-order valence-corrected chi connectivity index (χ2v) is 5.07. The highest BCUT2D eigenvalue weighted by atomic mass is 35.5. The monoisotopic (exact) mass is 286 g/mol. The Hall–Kier alpha value is -1.94. The zero-order valence-electron chi connectivity index (χ0n) is 11.3. The van der Waals surface area contributed by atoms with Crippen molar-refractivity contribution in [2.75, 3.05) is 0 Å². The summed E-state index contributed by atoms with van der Waals surface area (Å²) in [6, 6.07) is 8.17. The van der Waals surface area contributed by atoms with Crippen molar-refractivity contribution in [2.45, 2.75) is 26.3 Å². The molecule has 0 unspecified atom stereocenters. The Morgan fingerprint density at radius 1 is 1.15 bits per heavy atom. The third-order valence-corrected chi connectivity index (χ3v) is 3.40. The number of fused-ring (bicyclic) bond motifs is 1. The number of halogens is 1. The summed E-state index contributed by atoms with van der Waals surface area (Å²) in [6.45, 7) is 2.83. The fourth-order valence-electron chi connectivity index (χ4n) is 2.30. The SMILES string of the molecule is CCCc1nc2ccccc2n1Cc1cnc(Cl)cn1. The Labute approximate surface area is 122 Å². The third kappa shape index (κ3) is 2.51. The van der Waals surface area contributed by atoms with Gasteiger partial charge in [0.05, 0.1) is 35.7 Å².